The van der Waals surface area contributed by atoms with Crippen molar-refractivity contribution < 1.29 is 4.79 Å². The van der Waals surface area contributed by atoms with Crippen LogP contribution in [0.15, 0.2) is 18.2 Å². The fourth-order valence-corrected chi connectivity index (χ4v) is 2.35. The first-order valence-electron chi connectivity index (χ1n) is 5.09. The largest absolute Gasteiger partial charge is 0.294 e. The van der Waals surface area contributed by atoms with Crippen molar-refractivity contribution in [1.82, 2.24) is 0 Å². The molecule has 3 heteroatoms. The molecule has 1 saturated carbocycles. The van der Waals surface area contributed by atoms with E-state index in [9.17, 15) is 4.79 Å². The van der Waals surface area contributed by atoms with Crippen molar-refractivity contribution in [2.45, 2.75) is 26.2 Å². The lowest BCUT2D eigenvalue weighted by Crippen LogP contribution is -2.15. The van der Waals surface area contributed by atoms with E-state index in [4.69, 9.17) is 23.2 Å². The quantitative estimate of drug-likeness (QED) is 0.720. The second kappa shape index (κ2) is 3.80. The van der Waals surface area contributed by atoms with E-state index in [0.717, 1.165) is 19.3 Å². The third-order valence-electron chi connectivity index (χ3n) is 3.19. The molecule has 0 atom stereocenters. The smallest absolute Gasteiger partial charge is 0.170 e. The molecule has 0 unspecified atom stereocenters. The van der Waals surface area contributed by atoms with Crippen LogP contribution in [0.2, 0.25) is 10.0 Å². The van der Waals surface area contributed by atoms with E-state index in [2.05, 4.69) is 6.92 Å². The predicted molar refractivity (Wildman–Crippen MR) is 62.8 cm³/mol. The molecule has 0 spiro atoms. The molecule has 0 saturated heterocycles. The highest BCUT2D eigenvalue weighted by atomic mass is 35.5. The Hall–Kier alpha value is -0.530. The predicted octanol–water partition coefficient (Wildman–Crippen LogP) is 4.37. The molecule has 0 bridgehead atoms. The summed E-state index contributed by atoms with van der Waals surface area (Å²) in [6.45, 7) is 2.05. The number of benzene rings is 1. The van der Waals surface area contributed by atoms with Crippen LogP contribution >= 0.6 is 23.2 Å². The first kappa shape index (κ1) is 11.0. The highest BCUT2D eigenvalue weighted by Gasteiger charge is 2.48. The van der Waals surface area contributed by atoms with Gasteiger partial charge in [-0.1, -0.05) is 30.1 Å². The van der Waals surface area contributed by atoms with E-state index in [1.165, 1.54) is 0 Å². The Labute approximate surface area is 99.4 Å². The lowest BCUT2D eigenvalue weighted by atomic mass is 9.92. The standard InChI is InChI=1S/C12H12Cl2O/c1-2-12(5-6-12)11(15)9-4-3-8(13)7-10(9)14/h3-4,7H,2,5-6H2,1H3. The van der Waals surface area contributed by atoms with Gasteiger partial charge in [-0.15, -0.1) is 0 Å². The maximum absolute atomic E-state index is 12.2. The van der Waals surface area contributed by atoms with E-state index in [1.807, 2.05) is 0 Å². The molecule has 0 heterocycles. The Morgan fingerprint density at radius 2 is 2.07 bits per heavy atom. The van der Waals surface area contributed by atoms with Gasteiger partial charge in [0.2, 0.25) is 0 Å². The number of hydrogen-bond donors (Lipinski definition) is 0. The van der Waals surface area contributed by atoms with Crippen molar-refractivity contribution in [2.75, 3.05) is 0 Å². The van der Waals surface area contributed by atoms with E-state index in [0.29, 0.717) is 15.6 Å². The van der Waals surface area contributed by atoms with Crippen molar-refractivity contribution in [1.29, 1.82) is 0 Å². The average Bonchev–Trinajstić information content (AvgIpc) is 2.97. The number of Topliss-reactive ketones (excluding diaryl/α,β-unsaturated/α-hetero) is 1. The average molecular weight is 243 g/mol. The van der Waals surface area contributed by atoms with Crippen LogP contribution in [-0.2, 0) is 0 Å². The van der Waals surface area contributed by atoms with Crippen LogP contribution < -0.4 is 0 Å². The van der Waals surface area contributed by atoms with Crippen molar-refractivity contribution in [3.05, 3.63) is 33.8 Å². The number of halogens is 2. The molecular weight excluding hydrogens is 231 g/mol. The highest BCUT2D eigenvalue weighted by Crippen LogP contribution is 2.51. The van der Waals surface area contributed by atoms with Gasteiger partial charge in [-0.3, -0.25) is 4.79 Å². The van der Waals surface area contributed by atoms with Gasteiger partial charge < -0.3 is 0 Å². The minimum absolute atomic E-state index is 0.128. The second-order valence-electron chi connectivity index (χ2n) is 4.09. The minimum Gasteiger partial charge on any atom is -0.294 e. The maximum atomic E-state index is 12.2. The van der Waals surface area contributed by atoms with Crippen molar-refractivity contribution in [3.63, 3.8) is 0 Å². The molecule has 1 aromatic carbocycles. The van der Waals surface area contributed by atoms with E-state index >= 15 is 0 Å². The summed E-state index contributed by atoms with van der Waals surface area (Å²) >= 11 is 11.8. The summed E-state index contributed by atoms with van der Waals surface area (Å²) in [6, 6.07) is 5.07. The molecule has 1 aliphatic carbocycles. The van der Waals surface area contributed by atoms with Crippen molar-refractivity contribution >= 4 is 29.0 Å². The second-order valence-corrected chi connectivity index (χ2v) is 4.93. The summed E-state index contributed by atoms with van der Waals surface area (Å²) in [5.74, 6) is 0.173. The van der Waals surface area contributed by atoms with Crippen molar-refractivity contribution in [2.24, 2.45) is 5.41 Å². The zero-order valence-corrected chi connectivity index (χ0v) is 10.0. The molecule has 0 amide bonds. The zero-order valence-electron chi connectivity index (χ0n) is 8.52. The number of rotatable bonds is 3. The minimum atomic E-state index is -0.128. The van der Waals surface area contributed by atoms with Gasteiger partial charge in [0.1, 0.15) is 0 Å². The van der Waals surface area contributed by atoms with Crippen LogP contribution in [0.1, 0.15) is 36.5 Å². The summed E-state index contributed by atoms with van der Waals surface area (Å²) in [5, 5.41) is 1.03. The van der Waals surface area contributed by atoms with E-state index in [1.54, 1.807) is 18.2 Å². The van der Waals surface area contributed by atoms with Crippen LogP contribution in [0.5, 0.6) is 0 Å². The molecule has 0 aromatic heterocycles. The molecule has 1 aromatic rings. The third-order valence-corrected chi connectivity index (χ3v) is 3.74. The lowest BCUT2D eigenvalue weighted by molar-refractivity contribution is 0.0896. The van der Waals surface area contributed by atoms with Gasteiger partial charge in [0.05, 0.1) is 5.02 Å². The van der Waals surface area contributed by atoms with Crippen LogP contribution in [0.3, 0.4) is 0 Å². The topological polar surface area (TPSA) is 17.1 Å². The zero-order chi connectivity index (χ0) is 11.1. The molecule has 1 aliphatic rings. The Balaban J connectivity index is 2.34. The van der Waals surface area contributed by atoms with Gasteiger partial charge in [-0.2, -0.15) is 0 Å². The SMILES string of the molecule is CCC1(C(=O)c2ccc(Cl)cc2Cl)CC1. The molecule has 0 radical (unpaired) electrons. The Morgan fingerprint density at radius 3 is 2.53 bits per heavy atom. The normalized spacial score (nSPS) is 17.5. The summed E-state index contributed by atoms with van der Waals surface area (Å²) in [4.78, 5) is 12.2. The first-order chi connectivity index (χ1) is 7.09. The molecule has 2 rings (SSSR count). The molecule has 80 valence electrons. The first-order valence-corrected chi connectivity index (χ1v) is 5.84. The number of carbonyl (C=O) groups is 1. The molecular formula is C12H12Cl2O. The molecule has 0 aliphatic heterocycles. The van der Waals surface area contributed by atoms with Gasteiger partial charge in [-0.05, 0) is 37.5 Å². The highest BCUT2D eigenvalue weighted by molar-refractivity contribution is 6.37. The third kappa shape index (κ3) is 1.91. The Kier molecular flexibility index (Phi) is 2.78. The number of hydrogen-bond acceptors (Lipinski definition) is 1. The van der Waals surface area contributed by atoms with Gasteiger partial charge in [0.25, 0.3) is 0 Å². The fraction of sp³-hybridized carbons (Fsp3) is 0.417. The molecule has 15 heavy (non-hydrogen) atoms. The lowest BCUT2D eigenvalue weighted by Gasteiger charge is -2.12. The van der Waals surface area contributed by atoms with Crippen LogP contribution in [-0.4, -0.2) is 5.78 Å². The molecule has 1 fully saturated rings. The fourth-order valence-electron chi connectivity index (χ4n) is 1.85. The summed E-state index contributed by atoms with van der Waals surface area (Å²) in [6.07, 6.45) is 2.87. The van der Waals surface area contributed by atoms with Crippen LogP contribution in [0, 0.1) is 5.41 Å². The maximum Gasteiger partial charge on any atom is 0.170 e. The monoisotopic (exact) mass is 242 g/mol. The van der Waals surface area contributed by atoms with Gasteiger partial charge in [0, 0.05) is 16.0 Å². The summed E-state index contributed by atoms with van der Waals surface area (Å²) in [5.41, 5.74) is 0.484. The van der Waals surface area contributed by atoms with Crippen molar-refractivity contribution in [3.8, 4) is 0 Å². The summed E-state index contributed by atoms with van der Waals surface area (Å²) < 4.78 is 0. The Morgan fingerprint density at radius 1 is 1.40 bits per heavy atom. The Bertz CT molecular complexity index is 408. The number of ketones is 1. The summed E-state index contributed by atoms with van der Waals surface area (Å²) in [7, 11) is 0. The van der Waals surface area contributed by atoms with Gasteiger partial charge in [-0.25, -0.2) is 0 Å². The van der Waals surface area contributed by atoms with Crippen LogP contribution in [0.25, 0.3) is 0 Å². The van der Waals surface area contributed by atoms with E-state index < -0.39 is 0 Å². The number of carbonyl (C=O) groups excluding carboxylic acids is 1. The molecule has 0 N–H and O–H groups in total. The van der Waals surface area contributed by atoms with Gasteiger partial charge >= 0.3 is 0 Å². The van der Waals surface area contributed by atoms with E-state index in [-0.39, 0.29) is 11.2 Å². The van der Waals surface area contributed by atoms with Gasteiger partial charge in [0.15, 0.2) is 5.78 Å². The molecule has 1 nitrogen and oxygen atoms in total. The van der Waals surface area contributed by atoms with Crippen LogP contribution in [0.4, 0.5) is 0 Å².